The van der Waals surface area contributed by atoms with Crippen molar-refractivity contribution < 1.29 is 23.8 Å². The summed E-state index contributed by atoms with van der Waals surface area (Å²) in [5, 5.41) is 20.4. The number of carboxylic acid groups (broad SMARTS) is 1. The molecule has 0 aliphatic carbocycles. The molecule has 0 spiro atoms. The van der Waals surface area contributed by atoms with Crippen LogP contribution in [0.3, 0.4) is 0 Å². The summed E-state index contributed by atoms with van der Waals surface area (Å²) >= 11 is 0. The molecule has 3 N–H and O–H groups in total. The standard InChI is InChI=1S/C13H17F2NO3/c1-3-13(2,4-5-17)16-11-9(14)6-8(12(18)19)7-10(11)15/h6-7,16-17H,3-5H2,1-2H3,(H,18,19). The highest BCUT2D eigenvalue weighted by Crippen LogP contribution is 2.27. The van der Waals surface area contributed by atoms with E-state index in [4.69, 9.17) is 10.2 Å². The van der Waals surface area contributed by atoms with Gasteiger partial charge in [-0.3, -0.25) is 0 Å². The first-order chi connectivity index (χ1) is 8.83. The average Bonchev–Trinajstić information content (AvgIpc) is 2.34. The van der Waals surface area contributed by atoms with E-state index in [1.165, 1.54) is 0 Å². The summed E-state index contributed by atoms with van der Waals surface area (Å²) in [7, 11) is 0. The van der Waals surface area contributed by atoms with Gasteiger partial charge in [0.1, 0.15) is 17.3 Å². The summed E-state index contributed by atoms with van der Waals surface area (Å²) in [6.07, 6.45) is 0.871. The number of aliphatic hydroxyl groups excluding tert-OH is 1. The van der Waals surface area contributed by atoms with E-state index >= 15 is 0 Å². The maximum Gasteiger partial charge on any atom is 0.335 e. The first kappa shape index (κ1) is 15.4. The number of aliphatic hydroxyl groups is 1. The average molecular weight is 273 g/mol. The van der Waals surface area contributed by atoms with Gasteiger partial charge in [0.2, 0.25) is 0 Å². The van der Waals surface area contributed by atoms with Crippen molar-refractivity contribution in [3.05, 3.63) is 29.3 Å². The molecule has 19 heavy (non-hydrogen) atoms. The molecule has 0 amide bonds. The fraction of sp³-hybridized carbons (Fsp3) is 0.462. The van der Waals surface area contributed by atoms with E-state index < -0.39 is 28.7 Å². The van der Waals surface area contributed by atoms with Crippen molar-refractivity contribution in [1.29, 1.82) is 0 Å². The number of hydrogen-bond donors (Lipinski definition) is 3. The Kier molecular flexibility index (Phi) is 4.83. The number of aromatic carboxylic acids is 1. The zero-order chi connectivity index (χ0) is 14.6. The molecule has 4 nitrogen and oxygen atoms in total. The molecule has 0 aliphatic rings. The Labute approximate surface area is 110 Å². The summed E-state index contributed by atoms with van der Waals surface area (Å²) in [5.41, 5.74) is -1.48. The molecule has 0 aliphatic heterocycles. The molecule has 0 fully saturated rings. The molecule has 1 atom stereocenters. The summed E-state index contributed by atoms with van der Waals surface area (Å²) < 4.78 is 27.5. The summed E-state index contributed by atoms with van der Waals surface area (Å²) in [6, 6.07) is 1.53. The van der Waals surface area contributed by atoms with Crippen molar-refractivity contribution in [2.24, 2.45) is 0 Å². The van der Waals surface area contributed by atoms with Crippen molar-refractivity contribution in [3.8, 4) is 0 Å². The van der Waals surface area contributed by atoms with Gasteiger partial charge in [0.15, 0.2) is 0 Å². The van der Waals surface area contributed by atoms with Crippen LogP contribution in [0, 0.1) is 11.6 Å². The number of halogens is 2. The lowest BCUT2D eigenvalue weighted by atomic mass is 9.94. The number of rotatable bonds is 6. The predicted molar refractivity (Wildman–Crippen MR) is 67.3 cm³/mol. The van der Waals surface area contributed by atoms with Crippen molar-refractivity contribution in [2.75, 3.05) is 11.9 Å². The quantitative estimate of drug-likeness (QED) is 0.745. The van der Waals surface area contributed by atoms with E-state index in [2.05, 4.69) is 5.32 Å². The highest BCUT2D eigenvalue weighted by atomic mass is 19.1. The minimum absolute atomic E-state index is 0.117. The Balaban J connectivity index is 3.11. The van der Waals surface area contributed by atoms with Crippen LogP contribution in [-0.4, -0.2) is 28.3 Å². The fourth-order valence-corrected chi connectivity index (χ4v) is 1.69. The third-order valence-corrected chi connectivity index (χ3v) is 3.16. The van der Waals surface area contributed by atoms with Gasteiger partial charge >= 0.3 is 5.97 Å². The molecule has 0 aromatic heterocycles. The summed E-state index contributed by atoms with van der Waals surface area (Å²) in [6.45, 7) is 3.44. The fourth-order valence-electron chi connectivity index (χ4n) is 1.69. The van der Waals surface area contributed by atoms with Crippen LogP contribution in [0.25, 0.3) is 0 Å². The Morgan fingerprint density at radius 1 is 1.37 bits per heavy atom. The van der Waals surface area contributed by atoms with Crippen LogP contribution in [-0.2, 0) is 0 Å². The van der Waals surface area contributed by atoms with Gasteiger partial charge in [-0.25, -0.2) is 13.6 Å². The molecular formula is C13H17F2NO3. The van der Waals surface area contributed by atoms with Gasteiger partial charge in [-0.2, -0.15) is 0 Å². The second kappa shape index (κ2) is 5.97. The molecule has 1 rings (SSSR count). The monoisotopic (exact) mass is 273 g/mol. The van der Waals surface area contributed by atoms with Crippen LogP contribution in [0.15, 0.2) is 12.1 Å². The molecule has 1 aromatic carbocycles. The van der Waals surface area contributed by atoms with Crippen molar-refractivity contribution in [2.45, 2.75) is 32.2 Å². The lowest BCUT2D eigenvalue weighted by Gasteiger charge is -2.30. The topological polar surface area (TPSA) is 69.6 Å². The molecule has 0 saturated heterocycles. The number of anilines is 1. The third kappa shape index (κ3) is 3.64. The molecule has 0 saturated carbocycles. The first-order valence-corrected chi connectivity index (χ1v) is 5.94. The second-order valence-corrected chi connectivity index (χ2v) is 4.63. The lowest BCUT2D eigenvalue weighted by molar-refractivity contribution is 0.0696. The minimum Gasteiger partial charge on any atom is -0.478 e. The van der Waals surface area contributed by atoms with Gasteiger partial charge < -0.3 is 15.5 Å². The molecule has 6 heteroatoms. The second-order valence-electron chi connectivity index (χ2n) is 4.63. The molecular weight excluding hydrogens is 256 g/mol. The molecule has 0 radical (unpaired) electrons. The highest BCUT2D eigenvalue weighted by molar-refractivity contribution is 5.88. The number of hydrogen-bond acceptors (Lipinski definition) is 3. The summed E-state index contributed by atoms with van der Waals surface area (Å²) in [5.74, 6) is -3.32. The van der Waals surface area contributed by atoms with Gasteiger partial charge in [-0.1, -0.05) is 6.92 Å². The van der Waals surface area contributed by atoms with Crippen LogP contribution in [0.2, 0.25) is 0 Å². The van der Waals surface area contributed by atoms with Gasteiger partial charge in [-0.05, 0) is 31.9 Å². The Morgan fingerprint density at radius 2 is 1.89 bits per heavy atom. The molecule has 1 aromatic rings. The minimum atomic E-state index is -1.39. The molecule has 106 valence electrons. The van der Waals surface area contributed by atoms with E-state index in [1.807, 2.05) is 6.92 Å². The van der Waals surface area contributed by atoms with Gasteiger partial charge in [0.05, 0.1) is 5.56 Å². The van der Waals surface area contributed by atoms with Crippen LogP contribution in [0.4, 0.5) is 14.5 Å². The van der Waals surface area contributed by atoms with E-state index in [0.717, 1.165) is 12.1 Å². The normalized spacial score (nSPS) is 13.9. The van der Waals surface area contributed by atoms with E-state index in [1.54, 1.807) is 6.92 Å². The summed E-state index contributed by atoms with van der Waals surface area (Å²) in [4.78, 5) is 10.7. The smallest absolute Gasteiger partial charge is 0.335 e. The molecule has 0 bridgehead atoms. The maximum atomic E-state index is 13.7. The van der Waals surface area contributed by atoms with Gasteiger partial charge in [-0.15, -0.1) is 0 Å². The zero-order valence-electron chi connectivity index (χ0n) is 10.8. The van der Waals surface area contributed by atoms with Crippen molar-refractivity contribution in [3.63, 3.8) is 0 Å². The Hall–Kier alpha value is -1.69. The largest absolute Gasteiger partial charge is 0.478 e. The molecule has 0 heterocycles. The number of carbonyl (C=O) groups is 1. The molecule has 1 unspecified atom stereocenters. The first-order valence-electron chi connectivity index (χ1n) is 5.94. The van der Waals surface area contributed by atoms with Gasteiger partial charge in [0.25, 0.3) is 0 Å². The Bertz CT molecular complexity index is 456. The third-order valence-electron chi connectivity index (χ3n) is 3.16. The predicted octanol–water partition coefficient (Wildman–Crippen LogP) is 2.63. The van der Waals surface area contributed by atoms with Crippen LogP contribution in [0.1, 0.15) is 37.0 Å². The van der Waals surface area contributed by atoms with Crippen LogP contribution < -0.4 is 5.32 Å². The Morgan fingerprint density at radius 3 is 2.26 bits per heavy atom. The van der Waals surface area contributed by atoms with Crippen LogP contribution >= 0.6 is 0 Å². The van der Waals surface area contributed by atoms with E-state index in [-0.39, 0.29) is 12.3 Å². The SMILES string of the molecule is CCC(C)(CCO)Nc1c(F)cc(C(=O)O)cc1F. The van der Waals surface area contributed by atoms with E-state index in [0.29, 0.717) is 12.8 Å². The number of nitrogens with one attached hydrogen (secondary N) is 1. The van der Waals surface area contributed by atoms with Crippen molar-refractivity contribution >= 4 is 11.7 Å². The van der Waals surface area contributed by atoms with Crippen molar-refractivity contribution in [1.82, 2.24) is 0 Å². The van der Waals surface area contributed by atoms with Gasteiger partial charge in [0, 0.05) is 12.1 Å². The van der Waals surface area contributed by atoms with Crippen LogP contribution in [0.5, 0.6) is 0 Å². The number of benzene rings is 1. The number of carboxylic acids is 1. The van der Waals surface area contributed by atoms with E-state index in [9.17, 15) is 13.6 Å². The lowest BCUT2D eigenvalue weighted by Crippen LogP contribution is -2.35. The zero-order valence-corrected chi connectivity index (χ0v) is 10.8. The maximum absolute atomic E-state index is 13.7. The highest BCUT2D eigenvalue weighted by Gasteiger charge is 2.25.